The van der Waals surface area contributed by atoms with Crippen LogP contribution in [-0.4, -0.2) is 37.4 Å². The fraction of sp³-hybridized carbons (Fsp3) is 0.429. The predicted molar refractivity (Wildman–Crippen MR) is 96.7 cm³/mol. The molecule has 5 N–H and O–H groups in total. The lowest BCUT2D eigenvalue weighted by atomic mass is 10.1. The number of likely N-dealkylation sites (N-methyl/N-ethyl adjacent to an activating group) is 1. The SMILES string of the molecule is Cc1cccc(NC(=S)NNC(=S)NCC[NH+](C)C)c1C. The van der Waals surface area contributed by atoms with Crippen LogP contribution >= 0.6 is 24.4 Å². The van der Waals surface area contributed by atoms with E-state index in [4.69, 9.17) is 24.4 Å². The molecule has 0 heterocycles. The van der Waals surface area contributed by atoms with E-state index in [0.29, 0.717) is 10.2 Å². The highest BCUT2D eigenvalue weighted by atomic mass is 32.1. The maximum absolute atomic E-state index is 5.24. The molecule has 0 amide bonds. The standard InChI is InChI=1S/C14H23N5S2/c1-10-6-5-7-12(11(10)2)16-14(21)18-17-13(20)15-8-9-19(3)4/h5-7H,8-9H2,1-4H3,(H2,15,17,20)(H2,16,18,21)/p+1. The van der Waals surface area contributed by atoms with Crippen LogP contribution in [0.2, 0.25) is 0 Å². The largest absolute Gasteiger partial charge is 0.356 e. The molecule has 0 aromatic heterocycles. The second-order valence-electron chi connectivity index (χ2n) is 5.16. The number of thiocarbonyl (C=S) groups is 2. The van der Waals surface area contributed by atoms with E-state index in [2.05, 4.69) is 55.5 Å². The summed E-state index contributed by atoms with van der Waals surface area (Å²) in [5.74, 6) is 0. The van der Waals surface area contributed by atoms with Crippen LogP contribution < -0.4 is 26.4 Å². The van der Waals surface area contributed by atoms with Crippen molar-refractivity contribution in [2.24, 2.45) is 0 Å². The summed E-state index contributed by atoms with van der Waals surface area (Å²) in [7, 11) is 4.19. The number of hydrazine groups is 1. The molecule has 0 spiro atoms. The molecule has 1 rings (SSSR count). The van der Waals surface area contributed by atoms with Gasteiger partial charge >= 0.3 is 0 Å². The van der Waals surface area contributed by atoms with Gasteiger partial charge < -0.3 is 15.5 Å². The van der Waals surface area contributed by atoms with Crippen LogP contribution in [0.4, 0.5) is 5.69 Å². The Labute approximate surface area is 137 Å². The van der Waals surface area contributed by atoms with E-state index in [0.717, 1.165) is 18.8 Å². The van der Waals surface area contributed by atoms with Gasteiger partial charge in [-0.3, -0.25) is 10.9 Å². The molecule has 0 atom stereocenters. The van der Waals surface area contributed by atoms with Crippen molar-refractivity contribution in [2.45, 2.75) is 13.8 Å². The van der Waals surface area contributed by atoms with Gasteiger partial charge in [0.1, 0.15) is 0 Å². The van der Waals surface area contributed by atoms with Crippen molar-refractivity contribution < 1.29 is 4.90 Å². The minimum Gasteiger partial charge on any atom is -0.356 e. The zero-order valence-electron chi connectivity index (χ0n) is 13.0. The van der Waals surface area contributed by atoms with E-state index < -0.39 is 0 Å². The normalized spacial score (nSPS) is 10.1. The van der Waals surface area contributed by atoms with Gasteiger partial charge in [0.05, 0.1) is 27.2 Å². The van der Waals surface area contributed by atoms with Crippen molar-refractivity contribution in [3.8, 4) is 0 Å². The van der Waals surface area contributed by atoms with Crippen molar-refractivity contribution in [1.29, 1.82) is 0 Å². The Balaban J connectivity index is 2.34. The third kappa shape index (κ3) is 6.70. The molecule has 0 radical (unpaired) electrons. The summed E-state index contributed by atoms with van der Waals surface area (Å²) in [6.45, 7) is 5.94. The average molecular weight is 327 g/mol. The van der Waals surface area contributed by atoms with E-state index in [1.165, 1.54) is 16.0 Å². The molecule has 0 bridgehead atoms. The Morgan fingerprint density at radius 1 is 1.10 bits per heavy atom. The van der Waals surface area contributed by atoms with E-state index >= 15 is 0 Å². The van der Waals surface area contributed by atoms with Crippen LogP contribution in [0.1, 0.15) is 11.1 Å². The van der Waals surface area contributed by atoms with E-state index in [1.807, 2.05) is 12.1 Å². The highest BCUT2D eigenvalue weighted by molar-refractivity contribution is 7.80. The summed E-state index contributed by atoms with van der Waals surface area (Å²) < 4.78 is 0. The first-order valence-electron chi connectivity index (χ1n) is 6.86. The number of aryl methyl sites for hydroxylation is 1. The summed E-state index contributed by atoms with van der Waals surface area (Å²) in [4.78, 5) is 1.37. The smallest absolute Gasteiger partial charge is 0.189 e. The van der Waals surface area contributed by atoms with Crippen LogP contribution in [0.3, 0.4) is 0 Å². The van der Waals surface area contributed by atoms with Gasteiger partial charge in [0.15, 0.2) is 10.2 Å². The number of benzene rings is 1. The summed E-state index contributed by atoms with van der Waals surface area (Å²) >= 11 is 10.4. The molecular formula is C14H24N5S2+. The lowest BCUT2D eigenvalue weighted by Gasteiger charge is -2.16. The number of hydrogen-bond acceptors (Lipinski definition) is 2. The number of rotatable bonds is 4. The molecule has 116 valence electrons. The topological polar surface area (TPSA) is 52.6 Å². The third-order valence-electron chi connectivity index (χ3n) is 3.05. The first-order chi connectivity index (χ1) is 9.90. The van der Waals surface area contributed by atoms with Crippen LogP contribution in [0.25, 0.3) is 0 Å². The zero-order valence-corrected chi connectivity index (χ0v) is 14.6. The second-order valence-corrected chi connectivity index (χ2v) is 5.98. The Morgan fingerprint density at radius 3 is 2.43 bits per heavy atom. The summed E-state index contributed by atoms with van der Waals surface area (Å²) in [5, 5.41) is 7.26. The maximum atomic E-state index is 5.24. The zero-order chi connectivity index (χ0) is 15.8. The molecule has 7 heteroatoms. The Kier molecular flexibility index (Phi) is 7.35. The fourth-order valence-corrected chi connectivity index (χ4v) is 1.94. The van der Waals surface area contributed by atoms with Gasteiger partial charge in [-0.2, -0.15) is 0 Å². The van der Waals surface area contributed by atoms with Crippen LogP contribution in [-0.2, 0) is 0 Å². The average Bonchev–Trinajstić information content (AvgIpc) is 2.41. The van der Waals surface area contributed by atoms with Crippen molar-refractivity contribution in [2.75, 3.05) is 32.5 Å². The van der Waals surface area contributed by atoms with Gasteiger partial charge in [0.25, 0.3) is 0 Å². The molecule has 0 aliphatic heterocycles. The minimum absolute atomic E-state index is 0.478. The first kappa shape index (κ1) is 17.6. The molecule has 21 heavy (non-hydrogen) atoms. The van der Waals surface area contributed by atoms with Crippen molar-refractivity contribution in [3.63, 3.8) is 0 Å². The lowest BCUT2D eigenvalue weighted by Crippen LogP contribution is -3.06. The Hall–Kier alpha value is -1.44. The summed E-state index contributed by atoms with van der Waals surface area (Å²) in [6, 6.07) is 6.06. The van der Waals surface area contributed by atoms with Gasteiger partial charge in [0, 0.05) is 5.69 Å². The van der Waals surface area contributed by atoms with E-state index in [1.54, 1.807) is 0 Å². The fourth-order valence-electron chi connectivity index (χ4n) is 1.62. The van der Waals surface area contributed by atoms with E-state index in [-0.39, 0.29) is 0 Å². The summed E-state index contributed by atoms with van der Waals surface area (Å²) in [6.07, 6.45) is 0. The van der Waals surface area contributed by atoms with Crippen LogP contribution in [0, 0.1) is 13.8 Å². The van der Waals surface area contributed by atoms with E-state index in [9.17, 15) is 0 Å². The quantitative estimate of drug-likeness (QED) is 0.400. The number of quaternary nitrogens is 1. The third-order valence-corrected chi connectivity index (χ3v) is 3.50. The van der Waals surface area contributed by atoms with Crippen LogP contribution in [0.5, 0.6) is 0 Å². The molecule has 0 saturated heterocycles. The molecule has 0 saturated carbocycles. The van der Waals surface area contributed by atoms with Gasteiger partial charge in [-0.05, 0) is 55.5 Å². The number of anilines is 1. The highest BCUT2D eigenvalue weighted by Gasteiger charge is 2.03. The van der Waals surface area contributed by atoms with Gasteiger partial charge in [-0.15, -0.1) is 0 Å². The minimum atomic E-state index is 0.478. The first-order valence-corrected chi connectivity index (χ1v) is 7.68. The lowest BCUT2D eigenvalue weighted by molar-refractivity contribution is -0.856. The van der Waals surface area contributed by atoms with Crippen molar-refractivity contribution >= 4 is 40.3 Å². The molecule has 0 fully saturated rings. The maximum Gasteiger partial charge on any atom is 0.189 e. The monoisotopic (exact) mass is 326 g/mol. The Bertz CT molecular complexity index is 502. The van der Waals surface area contributed by atoms with Gasteiger partial charge in [-0.25, -0.2) is 0 Å². The van der Waals surface area contributed by atoms with Crippen molar-refractivity contribution in [1.82, 2.24) is 16.2 Å². The molecule has 0 aliphatic carbocycles. The molecule has 0 aliphatic rings. The molecule has 5 nitrogen and oxygen atoms in total. The molecule has 1 aromatic rings. The predicted octanol–water partition coefficient (Wildman–Crippen LogP) is 0.113. The van der Waals surface area contributed by atoms with Gasteiger partial charge in [0.2, 0.25) is 0 Å². The molecular weight excluding hydrogens is 302 g/mol. The highest BCUT2D eigenvalue weighted by Crippen LogP contribution is 2.17. The Morgan fingerprint density at radius 2 is 1.76 bits per heavy atom. The van der Waals surface area contributed by atoms with Crippen molar-refractivity contribution in [3.05, 3.63) is 29.3 Å². The van der Waals surface area contributed by atoms with Crippen LogP contribution in [0.15, 0.2) is 18.2 Å². The summed E-state index contributed by atoms with van der Waals surface area (Å²) in [5.41, 5.74) is 9.13. The number of nitrogens with one attached hydrogen (secondary N) is 5. The number of hydrogen-bond donors (Lipinski definition) is 5. The van der Waals surface area contributed by atoms with Gasteiger partial charge in [-0.1, -0.05) is 12.1 Å². The molecule has 0 unspecified atom stereocenters. The molecule has 1 aromatic carbocycles. The second kappa shape index (κ2) is 8.76.